The van der Waals surface area contributed by atoms with Crippen molar-refractivity contribution in [2.24, 2.45) is 5.92 Å². The molecule has 0 aliphatic heterocycles. The van der Waals surface area contributed by atoms with Gasteiger partial charge in [0.25, 0.3) is 0 Å². The summed E-state index contributed by atoms with van der Waals surface area (Å²) in [4.78, 5) is 11.6. The van der Waals surface area contributed by atoms with Gasteiger partial charge in [-0.05, 0) is 37.8 Å². The van der Waals surface area contributed by atoms with E-state index in [9.17, 15) is 9.18 Å². The second-order valence-corrected chi connectivity index (χ2v) is 4.38. The van der Waals surface area contributed by atoms with Crippen molar-refractivity contribution < 1.29 is 9.18 Å². The number of carbonyl (C=O) groups excluding carboxylic acids is 1. The predicted octanol–water partition coefficient (Wildman–Crippen LogP) is 5.15. The molecule has 2 heteroatoms. The van der Waals surface area contributed by atoms with Gasteiger partial charge in [-0.25, -0.2) is 4.39 Å². The minimum Gasteiger partial charge on any atom is -0.300 e. The van der Waals surface area contributed by atoms with Crippen LogP contribution in [0.2, 0.25) is 0 Å². The second kappa shape index (κ2) is 9.81. The average Bonchev–Trinajstić information content (AvgIpc) is 2.38. The summed E-state index contributed by atoms with van der Waals surface area (Å²) in [6.07, 6.45) is 9.79. The van der Waals surface area contributed by atoms with Gasteiger partial charge in [0.15, 0.2) is 0 Å². The maximum absolute atomic E-state index is 13.1. The summed E-state index contributed by atoms with van der Waals surface area (Å²) in [7, 11) is 0. The molecule has 0 saturated carbocycles. The largest absolute Gasteiger partial charge is 0.300 e. The van der Waals surface area contributed by atoms with Gasteiger partial charge < -0.3 is 0 Å². The van der Waals surface area contributed by atoms with Crippen LogP contribution in [0.1, 0.15) is 53.4 Å². The first-order valence-corrected chi connectivity index (χ1v) is 6.76. The fourth-order valence-corrected chi connectivity index (χ4v) is 1.89. The predicted molar refractivity (Wildman–Crippen MR) is 76.1 cm³/mol. The zero-order valence-electron chi connectivity index (χ0n) is 12.0. The van der Waals surface area contributed by atoms with Gasteiger partial charge in [-0.2, -0.15) is 0 Å². The quantitative estimate of drug-likeness (QED) is 0.546. The monoisotopic (exact) mass is 252 g/mol. The summed E-state index contributed by atoms with van der Waals surface area (Å²) in [6, 6.07) is 0. The van der Waals surface area contributed by atoms with Crippen molar-refractivity contribution in [3.63, 3.8) is 0 Å². The summed E-state index contributed by atoms with van der Waals surface area (Å²) < 4.78 is 13.1. The van der Waals surface area contributed by atoms with E-state index < -0.39 is 0 Å². The Morgan fingerprint density at radius 1 is 1.17 bits per heavy atom. The van der Waals surface area contributed by atoms with Crippen LogP contribution in [-0.4, -0.2) is 5.78 Å². The molecule has 0 radical (unpaired) electrons. The van der Waals surface area contributed by atoms with Gasteiger partial charge in [0.1, 0.15) is 11.6 Å². The number of rotatable bonds is 8. The number of allylic oxidation sites excluding steroid dienone is 6. The van der Waals surface area contributed by atoms with Gasteiger partial charge in [-0.15, -0.1) is 0 Å². The molecule has 18 heavy (non-hydrogen) atoms. The lowest BCUT2D eigenvalue weighted by atomic mass is 9.88. The molecule has 1 atom stereocenters. The summed E-state index contributed by atoms with van der Waals surface area (Å²) in [5.41, 5.74) is 1.05. The maximum atomic E-state index is 13.1. The number of halogens is 1. The lowest BCUT2D eigenvalue weighted by molar-refractivity contribution is -0.119. The molecule has 0 aromatic carbocycles. The van der Waals surface area contributed by atoms with Gasteiger partial charge in [0, 0.05) is 12.8 Å². The van der Waals surface area contributed by atoms with E-state index in [4.69, 9.17) is 0 Å². The molecule has 0 rings (SSSR count). The summed E-state index contributed by atoms with van der Waals surface area (Å²) in [6.45, 7) is 7.59. The molecule has 0 aromatic heterocycles. The van der Waals surface area contributed by atoms with Crippen molar-refractivity contribution in [3.05, 3.63) is 35.7 Å². The minimum absolute atomic E-state index is 0.216. The Bertz CT molecular complexity index is 337. The van der Waals surface area contributed by atoms with Crippen LogP contribution in [0.15, 0.2) is 35.7 Å². The fraction of sp³-hybridized carbons (Fsp3) is 0.562. The maximum Gasteiger partial charge on any atom is 0.133 e. The van der Waals surface area contributed by atoms with Crippen LogP contribution in [-0.2, 0) is 4.79 Å². The van der Waals surface area contributed by atoms with Crippen LogP contribution in [0.3, 0.4) is 0 Å². The molecular formula is C16H25FO. The molecule has 0 spiro atoms. The molecule has 0 aliphatic carbocycles. The minimum atomic E-state index is -0.244. The zero-order chi connectivity index (χ0) is 14.0. The Kier molecular flexibility index (Phi) is 9.17. The smallest absolute Gasteiger partial charge is 0.133 e. The Morgan fingerprint density at radius 3 is 2.28 bits per heavy atom. The lowest BCUT2D eigenvalue weighted by Crippen LogP contribution is -2.09. The van der Waals surface area contributed by atoms with Crippen molar-refractivity contribution in [3.8, 4) is 0 Å². The van der Waals surface area contributed by atoms with Gasteiger partial charge in [-0.3, -0.25) is 4.79 Å². The van der Waals surface area contributed by atoms with Crippen molar-refractivity contribution in [1.82, 2.24) is 0 Å². The molecule has 0 amide bonds. The molecule has 102 valence electrons. The van der Waals surface area contributed by atoms with Crippen LogP contribution in [0.5, 0.6) is 0 Å². The highest BCUT2D eigenvalue weighted by Crippen LogP contribution is 2.23. The second-order valence-electron chi connectivity index (χ2n) is 4.38. The number of Topliss-reactive ketones (excluding diaryl/α,β-unsaturated/α-hetero) is 1. The normalized spacial score (nSPS) is 15.2. The zero-order valence-corrected chi connectivity index (χ0v) is 12.0. The average molecular weight is 252 g/mol. The van der Waals surface area contributed by atoms with E-state index in [1.165, 1.54) is 12.2 Å². The van der Waals surface area contributed by atoms with E-state index in [1.807, 2.05) is 19.9 Å². The fourth-order valence-electron chi connectivity index (χ4n) is 1.89. The Hall–Kier alpha value is -1.18. The van der Waals surface area contributed by atoms with Crippen LogP contribution < -0.4 is 0 Å². The summed E-state index contributed by atoms with van der Waals surface area (Å²) in [5.74, 6) is 0.243. The SMILES string of the molecule is C\C=C(/C=C\C(F)=C/C)C(CCC)CC(=O)CC. The van der Waals surface area contributed by atoms with Crippen molar-refractivity contribution in [2.45, 2.75) is 53.4 Å². The molecule has 0 aromatic rings. The molecule has 0 N–H and O–H groups in total. The van der Waals surface area contributed by atoms with E-state index in [-0.39, 0.29) is 17.5 Å². The van der Waals surface area contributed by atoms with Crippen LogP contribution in [0.4, 0.5) is 4.39 Å². The Labute approximate surface area is 110 Å². The standard InChI is InChI=1S/C16H25FO/c1-5-9-14(12-16(18)8-4)13(6-2)10-11-15(17)7-3/h6-7,10-11,14H,5,8-9,12H2,1-4H3/b11-10-,13-6+,15-7+. The molecule has 0 saturated heterocycles. The van der Waals surface area contributed by atoms with Crippen LogP contribution in [0, 0.1) is 5.92 Å². The molecule has 0 heterocycles. The van der Waals surface area contributed by atoms with E-state index in [0.717, 1.165) is 18.4 Å². The van der Waals surface area contributed by atoms with E-state index in [0.29, 0.717) is 12.8 Å². The first-order chi connectivity index (χ1) is 8.58. The lowest BCUT2D eigenvalue weighted by Gasteiger charge is -2.16. The van der Waals surface area contributed by atoms with E-state index in [1.54, 1.807) is 13.0 Å². The van der Waals surface area contributed by atoms with Gasteiger partial charge in [-0.1, -0.05) is 38.5 Å². The van der Waals surface area contributed by atoms with Crippen LogP contribution >= 0.6 is 0 Å². The van der Waals surface area contributed by atoms with Gasteiger partial charge in [0.05, 0.1) is 0 Å². The third-order valence-electron chi connectivity index (χ3n) is 3.02. The molecule has 1 nitrogen and oxygen atoms in total. The molecule has 0 bridgehead atoms. The third kappa shape index (κ3) is 6.53. The molecular weight excluding hydrogens is 227 g/mol. The Balaban J connectivity index is 4.83. The highest BCUT2D eigenvalue weighted by molar-refractivity contribution is 5.78. The number of hydrogen-bond donors (Lipinski definition) is 0. The molecule has 1 unspecified atom stereocenters. The summed E-state index contributed by atoms with van der Waals surface area (Å²) >= 11 is 0. The first-order valence-electron chi connectivity index (χ1n) is 6.76. The van der Waals surface area contributed by atoms with E-state index in [2.05, 4.69) is 6.92 Å². The van der Waals surface area contributed by atoms with Gasteiger partial charge >= 0.3 is 0 Å². The number of carbonyl (C=O) groups is 1. The Morgan fingerprint density at radius 2 is 1.83 bits per heavy atom. The van der Waals surface area contributed by atoms with Crippen molar-refractivity contribution in [1.29, 1.82) is 0 Å². The number of hydrogen-bond acceptors (Lipinski definition) is 1. The highest BCUT2D eigenvalue weighted by atomic mass is 19.1. The summed E-state index contributed by atoms with van der Waals surface area (Å²) in [5, 5.41) is 0. The molecule has 0 aliphatic rings. The van der Waals surface area contributed by atoms with Crippen molar-refractivity contribution in [2.75, 3.05) is 0 Å². The molecule has 0 fully saturated rings. The highest BCUT2D eigenvalue weighted by Gasteiger charge is 2.14. The third-order valence-corrected chi connectivity index (χ3v) is 3.02. The number of ketones is 1. The van der Waals surface area contributed by atoms with Crippen LogP contribution in [0.25, 0.3) is 0 Å². The first kappa shape index (κ1) is 16.8. The topological polar surface area (TPSA) is 17.1 Å². The van der Waals surface area contributed by atoms with Gasteiger partial charge in [0.2, 0.25) is 0 Å². The van der Waals surface area contributed by atoms with E-state index >= 15 is 0 Å². The van der Waals surface area contributed by atoms with Crippen molar-refractivity contribution >= 4 is 5.78 Å².